The molecule has 4 heteroatoms. The van der Waals surface area contributed by atoms with Gasteiger partial charge in [-0.25, -0.2) is 4.39 Å². The van der Waals surface area contributed by atoms with Gasteiger partial charge in [0.25, 0.3) is 0 Å². The average molecular weight is 325 g/mol. The lowest BCUT2D eigenvalue weighted by atomic mass is 9.97. The average Bonchev–Trinajstić information content (AvgIpc) is 2.54. The van der Waals surface area contributed by atoms with Crippen LogP contribution in [-0.2, 0) is 0 Å². The minimum absolute atomic E-state index is 0.208. The molecule has 0 radical (unpaired) electrons. The number of nitrogens with zero attached hydrogens (tertiary/aromatic N) is 2. The molecule has 1 aromatic carbocycles. The molecule has 3 nitrogen and oxygen atoms in total. The van der Waals surface area contributed by atoms with Crippen molar-refractivity contribution in [3.05, 3.63) is 54.1 Å². The lowest BCUT2D eigenvalue weighted by Gasteiger charge is -2.38. The third kappa shape index (κ3) is 3.35. The zero-order valence-corrected chi connectivity index (χ0v) is 13.9. The standard InChI is InChI=1S/C20H24FN3/c21-17-5-1-4-15(12-17)16-8-9-19(23-13-16)20-14-22-18-6-2-10-24(20)11-3-7-18/h1,4-5,8-9,12-13,18,20,22H,2-3,6-7,10-11,14H2. The van der Waals surface area contributed by atoms with Crippen LogP contribution in [-0.4, -0.2) is 35.6 Å². The van der Waals surface area contributed by atoms with Crippen molar-refractivity contribution in [1.82, 2.24) is 15.2 Å². The van der Waals surface area contributed by atoms with Crippen molar-refractivity contribution in [3.8, 4) is 11.1 Å². The summed E-state index contributed by atoms with van der Waals surface area (Å²) in [6, 6.07) is 11.9. The molecule has 1 atom stereocenters. The van der Waals surface area contributed by atoms with Gasteiger partial charge < -0.3 is 5.32 Å². The second-order valence-electron chi connectivity index (χ2n) is 6.92. The van der Waals surface area contributed by atoms with Crippen LogP contribution < -0.4 is 5.32 Å². The summed E-state index contributed by atoms with van der Waals surface area (Å²) in [6.45, 7) is 3.29. The molecule has 126 valence electrons. The Balaban J connectivity index is 1.57. The van der Waals surface area contributed by atoms with Crippen molar-refractivity contribution in [2.45, 2.75) is 37.8 Å². The van der Waals surface area contributed by atoms with Gasteiger partial charge in [0.05, 0.1) is 11.7 Å². The Labute approximate surface area is 142 Å². The molecule has 1 N–H and O–H groups in total. The van der Waals surface area contributed by atoms with Gasteiger partial charge in [-0.1, -0.05) is 18.2 Å². The number of hydrogen-bond donors (Lipinski definition) is 1. The molecule has 0 spiro atoms. The van der Waals surface area contributed by atoms with Gasteiger partial charge in [-0.2, -0.15) is 0 Å². The predicted octanol–water partition coefficient (Wildman–Crippen LogP) is 3.78. The van der Waals surface area contributed by atoms with E-state index in [1.54, 1.807) is 12.1 Å². The molecule has 4 heterocycles. The fourth-order valence-corrected chi connectivity index (χ4v) is 3.99. The van der Waals surface area contributed by atoms with Gasteiger partial charge in [0, 0.05) is 24.3 Å². The Bertz CT molecular complexity index is 676. The molecular weight excluding hydrogens is 301 g/mol. The van der Waals surface area contributed by atoms with E-state index < -0.39 is 0 Å². The highest BCUT2D eigenvalue weighted by molar-refractivity contribution is 5.62. The van der Waals surface area contributed by atoms with Crippen LogP contribution in [0.5, 0.6) is 0 Å². The Morgan fingerprint density at radius 1 is 1.04 bits per heavy atom. The quantitative estimate of drug-likeness (QED) is 0.911. The molecule has 1 aromatic heterocycles. The number of pyridine rings is 1. The van der Waals surface area contributed by atoms with E-state index in [4.69, 9.17) is 4.98 Å². The van der Waals surface area contributed by atoms with Crippen LogP contribution in [0.4, 0.5) is 4.39 Å². The number of aromatic nitrogens is 1. The molecule has 3 aliphatic heterocycles. The van der Waals surface area contributed by atoms with Crippen LogP contribution in [0.25, 0.3) is 11.1 Å². The first-order chi connectivity index (χ1) is 11.8. The van der Waals surface area contributed by atoms with Crippen LogP contribution in [0.15, 0.2) is 42.6 Å². The number of nitrogens with one attached hydrogen (secondary N) is 1. The summed E-state index contributed by atoms with van der Waals surface area (Å²) in [4.78, 5) is 7.30. The van der Waals surface area contributed by atoms with Gasteiger partial charge >= 0.3 is 0 Å². The maximum atomic E-state index is 13.4. The summed E-state index contributed by atoms with van der Waals surface area (Å²) in [7, 11) is 0. The third-order valence-electron chi connectivity index (χ3n) is 5.32. The largest absolute Gasteiger partial charge is 0.312 e. The first-order valence-electron chi connectivity index (χ1n) is 8.99. The molecule has 0 aliphatic carbocycles. The normalized spacial score (nSPS) is 27.3. The summed E-state index contributed by atoms with van der Waals surface area (Å²) >= 11 is 0. The maximum absolute atomic E-state index is 13.4. The van der Waals surface area contributed by atoms with Gasteiger partial charge in [-0.3, -0.25) is 9.88 Å². The molecular formula is C20H24FN3. The summed E-state index contributed by atoms with van der Waals surface area (Å²) in [5.74, 6) is -0.208. The van der Waals surface area contributed by atoms with E-state index in [-0.39, 0.29) is 5.82 Å². The number of benzene rings is 1. The smallest absolute Gasteiger partial charge is 0.123 e. The van der Waals surface area contributed by atoms with E-state index in [1.807, 2.05) is 12.3 Å². The van der Waals surface area contributed by atoms with Crippen LogP contribution in [0, 0.1) is 5.82 Å². The Hall–Kier alpha value is -1.78. The zero-order chi connectivity index (χ0) is 16.4. The van der Waals surface area contributed by atoms with Gasteiger partial charge in [-0.05, 0) is 62.5 Å². The molecule has 5 rings (SSSR count). The van der Waals surface area contributed by atoms with E-state index in [9.17, 15) is 4.39 Å². The summed E-state index contributed by atoms with van der Waals surface area (Å²) in [6.07, 6.45) is 6.97. The van der Waals surface area contributed by atoms with Crippen molar-refractivity contribution in [3.63, 3.8) is 0 Å². The van der Waals surface area contributed by atoms with E-state index in [0.29, 0.717) is 12.1 Å². The topological polar surface area (TPSA) is 28.2 Å². The molecule has 3 saturated heterocycles. The molecule has 2 aromatic rings. The number of hydrogen-bond acceptors (Lipinski definition) is 3. The molecule has 3 fully saturated rings. The highest BCUT2D eigenvalue weighted by Crippen LogP contribution is 2.27. The highest BCUT2D eigenvalue weighted by Gasteiger charge is 2.27. The lowest BCUT2D eigenvalue weighted by Crippen LogP contribution is -2.46. The molecule has 3 aliphatic rings. The third-order valence-corrected chi connectivity index (χ3v) is 5.32. The van der Waals surface area contributed by atoms with Crippen molar-refractivity contribution in [2.24, 2.45) is 0 Å². The Morgan fingerprint density at radius 2 is 1.88 bits per heavy atom. The van der Waals surface area contributed by atoms with Gasteiger partial charge in [0.2, 0.25) is 0 Å². The van der Waals surface area contributed by atoms with E-state index in [1.165, 1.54) is 31.7 Å². The SMILES string of the molecule is Fc1cccc(-c2ccc(C3CNC4CCCN3CCC4)nc2)c1. The molecule has 24 heavy (non-hydrogen) atoms. The van der Waals surface area contributed by atoms with Crippen LogP contribution in [0.1, 0.15) is 37.4 Å². The lowest BCUT2D eigenvalue weighted by molar-refractivity contribution is 0.136. The highest BCUT2D eigenvalue weighted by atomic mass is 19.1. The van der Waals surface area contributed by atoms with Gasteiger partial charge in [0.15, 0.2) is 0 Å². The Kier molecular flexibility index (Phi) is 4.58. The Morgan fingerprint density at radius 3 is 2.58 bits per heavy atom. The van der Waals surface area contributed by atoms with Crippen molar-refractivity contribution < 1.29 is 4.39 Å². The van der Waals surface area contributed by atoms with E-state index in [0.717, 1.165) is 36.5 Å². The fraction of sp³-hybridized carbons (Fsp3) is 0.450. The molecule has 2 bridgehead atoms. The van der Waals surface area contributed by atoms with Crippen LogP contribution in [0.3, 0.4) is 0 Å². The van der Waals surface area contributed by atoms with Crippen molar-refractivity contribution >= 4 is 0 Å². The van der Waals surface area contributed by atoms with Crippen LogP contribution >= 0.6 is 0 Å². The molecule has 0 saturated carbocycles. The monoisotopic (exact) mass is 325 g/mol. The maximum Gasteiger partial charge on any atom is 0.123 e. The summed E-state index contributed by atoms with van der Waals surface area (Å²) in [5.41, 5.74) is 2.96. The molecule has 1 unspecified atom stereocenters. The minimum Gasteiger partial charge on any atom is -0.312 e. The van der Waals surface area contributed by atoms with Crippen molar-refractivity contribution in [1.29, 1.82) is 0 Å². The van der Waals surface area contributed by atoms with Gasteiger partial charge in [0.1, 0.15) is 5.82 Å². The number of fused-ring (bicyclic) bond motifs is 6. The zero-order valence-electron chi connectivity index (χ0n) is 13.9. The van der Waals surface area contributed by atoms with E-state index in [2.05, 4.69) is 22.3 Å². The first-order valence-corrected chi connectivity index (χ1v) is 8.99. The van der Waals surface area contributed by atoms with E-state index >= 15 is 0 Å². The molecule has 0 amide bonds. The number of halogens is 1. The summed E-state index contributed by atoms with van der Waals surface area (Å²) < 4.78 is 13.4. The predicted molar refractivity (Wildman–Crippen MR) is 94.2 cm³/mol. The summed E-state index contributed by atoms with van der Waals surface area (Å²) in [5, 5.41) is 3.72. The second-order valence-corrected chi connectivity index (χ2v) is 6.92. The first kappa shape index (κ1) is 15.7. The van der Waals surface area contributed by atoms with Crippen LogP contribution in [0.2, 0.25) is 0 Å². The van der Waals surface area contributed by atoms with Gasteiger partial charge in [-0.15, -0.1) is 0 Å². The van der Waals surface area contributed by atoms with Crippen molar-refractivity contribution in [2.75, 3.05) is 19.6 Å². The number of rotatable bonds is 2. The second kappa shape index (κ2) is 6.99. The minimum atomic E-state index is -0.208. The fourth-order valence-electron chi connectivity index (χ4n) is 3.99.